The molecule has 4 saturated carbocycles. The Morgan fingerprint density at radius 1 is 0.941 bits per heavy atom. The summed E-state index contributed by atoms with van der Waals surface area (Å²) in [4.78, 5) is 0. The van der Waals surface area contributed by atoms with Crippen molar-refractivity contribution in [3.05, 3.63) is 11.6 Å². The number of aliphatic hydroxyl groups is 4. The first-order valence-electron chi connectivity index (χ1n) is 13.9. The fourth-order valence-corrected chi connectivity index (χ4v) is 10.2. The van der Waals surface area contributed by atoms with Crippen LogP contribution in [0.15, 0.2) is 11.6 Å². The van der Waals surface area contributed by atoms with Crippen LogP contribution < -0.4 is 0 Å². The summed E-state index contributed by atoms with van der Waals surface area (Å²) in [5.74, 6) is 0.970. The highest BCUT2D eigenvalue weighted by Crippen LogP contribution is 2.75. The normalized spacial score (nSPS) is 50.9. The van der Waals surface area contributed by atoms with Crippen LogP contribution in [0.4, 0.5) is 0 Å². The van der Waals surface area contributed by atoms with Gasteiger partial charge in [-0.15, -0.1) is 0 Å². The minimum atomic E-state index is -0.655. The van der Waals surface area contributed by atoms with Crippen LogP contribution in [0, 0.1) is 45.3 Å². The fraction of sp³-hybridized carbons (Fsp3) is 0.933. The predicted molar refractivity (Wildman–Crippen MR) is 137 cm³/mol. The molecule has 0 heterocycles. The van der Waals surface area contributed by atoms with Crippen molar-refractivity contribution in [2.24, 2.45) is 45.3 Å². The highest BCUT2D eigenvalue weighted by Gasteiger charge is 2.72. The zero-order chi connectivity index (χ0) is 25.5. The molecule has 0 spiro atoms. The summed E-state index contributed by atoms with van der Waals surface area (Å²) in [6, 6.07) is 0. The third-order valence-electron chi connectivity index (χ3n) is 12.1. The maximum atomic E-state index is 11.7. The second-order valence-electron chi connectivity index (χ2n) is 14.8. The molecule has 4 rings (SSSR count). The minimum absolute atomic E-state index is 0.0273. The maximum Gasteiger partial charge on any atom is 0.0595 e. The van der Waals surface area contributed by atoms with Crippen molar-refractivity contribution in [1.29, 1.82) is 0 Å². The highest BCUT2D eigenvalue weighted by molar-refractivity contribution is 5.23. The number of aliphatic hydroxyl groups excluding tert-OH is 3. The lowest BCUT2D eigenvalue weighted by Crippen LogP contribution is -2.69. The first kappa shape index (κ1) is 26.6. The van der Waals surface area contributed by atoms with Gasteiger partial charge in [-0.05, 0) is 117 Å². The Hall–Kier alpha value is -0.420. The van der Waals surface area contributed by atoms with Crippen LogP contribution in [-0.2, 0) is 0 Å². The lowest BCUT2D eigenvalue weighted by atomic mass is 9.34. The van der Waals surface area contributed by atoms with Gasteiger partial charge in [0, 0.05) is 0 Å². The molecule has 10 atom stereocenters. The molecule has 0 radical (unpaired) electrons. The molecule has 0 aliphatic heterocycles. The number of fused-ring (bicyclic) bond motifs is 5. The van der Waals surface area contributed by atoms with Crippen LogP contribution in [0.2, 0.25) is 0 Å². The first-order valence-corrected chi connectivity index (χ1v) is 13.9. The molecule has 4 fully saturated rings. The topological polar surface area (TPSA) is 80.9 Å². The fourth-order valence-electron chi connectivity index (χ4n) is 10.2. The van der Waals surface area contributed by atoms with Gasteiger partial charge in [0.25, 0.3) is 0 Å². The van der Waals surface area contributed by atoms with Gasteiger partial charge in [0.05, 0.1) is 23.9 Å². The molecule has 4 heteroatoms. The lowest BCUT2D eigenvalue weighted by molar-refractivity contribution is -0.270. The summed E-state index contributed by atoms with van der Waals surface area (Å²) in [7, 11) is 0. The molecule has 4 aliphatic carbocycles. The van der Waals surface area contributed by atoms with Crippen molar-refractivity contribution < 1.29 is 20.4 Å². The van der Waals surface area contributed by atoms with Gasteiger partial charge in [-0.25, -0.2) is 0 Å². The molecule has 4 unspecified atom stereocenters. The van der Waals surface area contributed by atoms with Gasteiger partial charge >= 0.3 is 0 Å². The Morgan fingerprint density at radius 2 is 1.59 bits per heavy atom. The molecule has 196 valence electrons. The molecule has 0 aromatic rings. The van der Waals surface area contributed by atoms with E-state index in [9.17, 15) is 20.4 Å². The molecule has 4 nitrogen and oxygen atoms in total. The van der Waals surface area contributed by atoms with Crippen molar-refractivity contribution in [2.75, 3.05) is 0 Å². The summed E-state index contributed by atoms with van der Waals surface area (Å²) >= 11 is 0. The van der Waals surface area contributed by atoms with Crippen molar-refractivity contribution in [1.82, 2.24) is 0 Å². The van der Waals surface area contributed by atoms with Crippen LogP contribution >= 0.6 is 0 Å². The second-order valence-corrected chi connectivity index (χ2v) is 14.8. The quantitative estimate of drug-likeness (QED) is 0.406. The van der Waals surface area contributed by atoms with Crippen LogP contribution in [0.25, 0.3) is 0 Å². The van der Waals surface area contributed by atoms with E-state index in [-0.39, 0.29) is 45.7 Å². The van der Waals surface area contributed by atoms with Gasteiger partial charge in [0.15, 0.2) is 0 Å². The average molecular weight is 477 g/mol. The Kier molecular flexibility index (Phi) is 6.50. The van der Waals surface area contributed by atoms with E-state index < -0.39 is 11.7 Å². The third-order valence-corrected chi connectivity index (χ3v) is 12.1. The van der Waals surface area contributed by atoms with Gasteiger partial charge in [0.1, 0.15) is 0 Å². The number of allylic oxidation sites excluding steroid dienone is 2. The van der Waals surface area contributed by atoms with E-state index in [0.717, 1.165) is 51.4 Å². The minimum Gasteiger partial charge on any atom is -0.393 e. The molecule has 0 bridgehead atoms. The first-order chi connectivity index (χ1) is 15.5. The zero-order valence-corrected chi connectivity index (χ0v) is 23.1. The predicted octanol–water partition coefficient (Wildman–Crippen LogP) is 5.47. The monoisotopic (exact) mass is 476 g/mol. The summed E-state index contributed by atoms with van der Waals surface area (Å²) < 4.78 is 0. The van der Waals surface area contributed by atoms with E-state index >= 15 is 0 Å². The molecular formula is C30H52O4. The van der Waals surface area contributed by atoms with Crippen molar-refractivity contribution in [2.45, 2.75) is 131 Å². The largest absolute Gasteiger partial charge is 0.393 e. The summed E-state index contributed by atoms with van der Waals surface area (Å²) in [6.07, 6.45) is 8.21. The van der Waals surface area contributed by atoms with Gasteiger partial charge in [0.2, 0.25) is 0 Å². The molecule has 0 saturated heterocycles. The van der Waals surface area contributed by atoms with E-state index in [4.69, 9.17) is 0 Å². The smallest absolute Gasteiger partial charge is 0.0595 e. The van der Waals surface area contributed by atoms with Gasteiger partial charge in [-0.1, -0.05) is 46.3 Å². The Bertz CT molecular complexity index is 811. The highest BCUT2D eigenvalue weighted by atomic mass is 16.3. The molecular weight excluding hydrogens is 424 g/mol. The molecule has 0 amide bonds. The summed E-state index contributed by atoms with van der Waals surface area (Å²) in [5.41, 5.74) is 0.232. The summed E-state index contributed by atoms with van der Waals surface area (Å²) in [5, 5.41) is 44.4. The van der Waals surface area contributed by atoms with E-state index in [1.807, 2.05) is 13.8 Å². The van der Waals surface area contributed by atoms with Crippen molar-refractivity contribution >= 4 is 0 Å². The zero-order valence-electron chi connectivity index (χ0n) is 23.1. The van der Waals surface area contributed by atoms with E-state index in [1.165, 1.54) is 5.57 Å². The van der Waals surface area contributed by atoms with Gasteiger partial charge in [-0.2, -0.15) is 0 Å². The molecule has 4 aliphatic rings. The summed E-state index contributed by atoms with van der Waals surface area (Å²) in [6.45, 7) is 17.4. The van der Waals surface area contributed by atoms with Crippen LogP contribution in [0.1, 0.15) is 107 Å². The lowest BCUT2D eigenvalue weighted by Gasteiger charge is -2.71. The SMILES string of the molecule is C/C(=C\CCC(C)(C)O)C1CC[C@]2(C)C1[C@H](O)CC1[C@@]3(C)CC[C@H](O)C(C)(C)C3[C@@H](O)C[C@]12C. The Morgan fingerprint density at radius 3 is 2.21 bits per heavy atom. The molecule has 34 heavy (non-hydrogen) atoms. The Labute approximate surface area is 208 Å². The molecule has 0 aromatic heterocycles. The van der Waals surface area contributed by atoms with Gasteiger partial charge in [-0.3, -0.25) is 0 Å². The standard InChI is InChI=1S/C30H52O4/c1-18(10-9-13-26(2,3)34)19-11-15-29(7)24(19)20(31)16-22-28(6)14-12-23(33)27(4,5)25(28)21(32)17-30(22,29)8/h10,19-25,31-34H,9,11-17H2,1-8H3/b18-10+/t19?,20-,21+,22?,23+,24?,25?,28-,29-,30-/m1/s1. The molecule has 4 N–H and O–H groups in total. The van der Waals surface area contributed by atoms with Crippen LogP contribution in [0.3, 0.4) is 0 Å². The maximum absolute atomic E-state index is 11.7. The third kappa shape index (κ3) is 3.76. The van der Waals surface area contributed by atoms with Crippen LogP contribution in [0.5, 0.6) is 0 Å². The van der Waals surface area contributed by atoms with E-state index in [2.05, 4.69) is 47.6 Å². The van der Waals surface area contributed by atoms with E-state index in [1.54, 1.807) is 0 Å². The van der Waals surface area contributed by atoms with Crippen molar-refractivity contribution in [3.8, 4) is 0 Å². The number of hydrogen-bond donors (Lipinski definition) is 4. The van der Waals surface area contributed by atoms with Crippen LogP contribution in [-0.4, -0.2) is 44.3 Å². The second kappa shape index (κ2) is 8.30. The van der Waals surface area contributed by atoms with Crippen molar-refractivity contribution in [3.63, 3.8) is 0 Å². The van der Waals surface area contributed by atoms with Gasteiger partial charge < -0.3 is 20.4 Å². The number of hydrogen-bond acceptors (Lipinski definition) is 4. The average Bonchev–Trinajstić information content (AvgIpc) is 3.06. The Balaban J connectivity index is 1.67. The number of rotatable bonds is 4. The van der Waals surface area contributed by atoms with E-state index in [0.29, 0.717) is 11.8 Å². The molecule has 0 aromatic carbocycles.